The number of ether oxygens (including phenoxy) is 1. The van der Waals surface area contributed by atoms with E-state index in [1.807, 2.05) is 30.3 Å². The van der Waals surface area contributed by atoms with Gasteiger partial charge in [0.05, 0.1) is 19.6 Å². The number of furan rings is 1. The Morgan fingerprint density at radius 3 is 2.76 bits per heavy atom. The molecule has 0 saturated carbocycles. The molecule has 0 N–H and O–H groups in total. The third-order valence-electron chi connectivity index (χ3n) is 2.52. The van der Waals surface area contributed by atoms with Crippen molar-refractivity contribution in [3.8, 4) is 5.75 Å². The van der Waals surface area contributed by atoms with Gasteiger partial charge in [0.25, 0.3) is 0 Å². The molecule has 3 heteroatoms. The Labute approximate surface area is 100 Å². The van der Waals surface area contributed by atoms with E-state index in [1.54, 1.807) is 19.6 Å². The van der Waals surface area contributed by atoms with Gasteiger partial charge in [-0.15, -0.1) is 0 Å². The first-order chi connectivity index (χ1) is 8.28. The van der Waals surface area contributed by atoms with Gasteiger partial charge >= 0.3 is 0 Å². The third-order valence-corrected chi connectivity index (χ3v) is 2.52. The minimum absolute atomic E-state index is 0.166. The minimum Gasteiger partial charge on any atom is -0.497 e. The van der Waals surface area contributed by atoms with Crippen LogP contribution in [0.3, 0.4) is 0 Å². The SMILES string of the molecule is COc1cccc(CC(=O)Cc2ccoc2)c1. The van der Waals surface area contributed by atoms with E-state index in [1.165, 1.54) is 0 Å². The lowest BCUT2D eigenvalue weighted by Crippen LogP contribution is -2.05. The summed E-state index contributed by atoms with van der Waals surface area (Å²) >= 11 is 0. The normalized spacial score (nSPS) is 10.2. The second kappa shape index (κ2) is 5.34. The standard InChI is InChI=1S/C14H14O3/c1-16-14-4-2-3-11(9-14)7-13(15)8-12-5-6-17-10-12/h2-6,9-10H,7-8H2,1H3. The van der Waals surface area contributed by atoms with Gasteiger partial charge in [0.2, 0.25) is 0 Å². The van der Waals surface area contributed by atoms with Crippen LogP contribution in [-0.2, 0) is 17.6 Å². The van der Waals surface area contributed by atoms with Crippen LogP contribution in [0.4, 0.5) is 0 Å². The van der Waals surface area contributed by atoms with Crippen LogP contribution in [-0.4, -0.2) is 12.9 Å². The molecular weight excluding hydrogens is 216 g/mol. The quantitative estimate of drug-likeness (QED) is 0.792. The van der Waals surface area contributed by atoms with E-state index in [-0.39, 0.29) is 5.78 Å². The highest BCUT2D eigenvalue weighted by Crippen LogP contribution is 2.14. The van der Waals surface area contributed by atoms with E-state index >= 15 is 0 Å². The first-order valence-electron chi connectivity index (χ1n) is 5.43. The zero-order valence-corrected chi connectivity index (χ0v) is 9.68. The molecule has 0 unspecified atom stereocenters. The minimum atomic E-state index is 0.166. The van der Waals surface area contributed by atoms with Crippen molar-refractivity contribution in [1.29, 1.82) is 0 Å². The van der Waals surface area contributed by atoms with Crippen LogP contribution in [0.1, 0.15) is 11.1 Å². The van der Waals surface area contributed by atoms with Crippen molar-refractivity contribution >= 4 is 5.78 Å². The van der Waals surface area contributed by atoms with E-state index in [9.17, 15) is 4.79 Å². The van der Waals surface area contributed by atoms with Crippen LogP contribution in [0.2, 0.25) is 0 Å². The van der Waals surface area contributed by atoms with E-state index in [2.05, 4.69) is 0 Å². The molecule has 0 aliphatic carbocycles. The zero-order valence-electron chi connectivity index (χ0n) is 9.68. The number of Topliss-reactive ketones (excluding diaryl/α,β-unsaturated/α-hetero) is 1. The van der Waals surface area contributed by atoms with Crippen molar-refractivity contribution in [3.63, 3.8) is 0 Å². The van der Waals surface area contributed by atoms with Gasteiger partial charge in [0.15, 0.2) is 0 Å². The smallest absolute Gasteiger partial charge is 0.141 e. The molecule has 2 rings (SSSR count). The molecule has 0 fully saturated rings. The van der Waals surface area contributed by atoms with Crippen molar-refractivity contribution in [2.24, 2.45) is 0 Å². The monoisotopic (exact) mass is 230 g/mol. The molecule has 0 bridgehead atoms. The fourth-order valence-corrected chi connectivity index (χ4v) is 1.69. The molecule has 0 spiro atoms. The lowest BCUT2D eigenvalue weighted by molar-refractivity contribution is -0.117. The summed E-state index contributed by atoms with van der Waals surface area (Å²) in [5.74, 6) is 0.943. The summed E-state index contributed by atoms with van der Waals surface area (Å²) in [5.41, 5.74) is 1.88. The maximum atomic E-state index is 11.8. The summed E-state index contributed by atoms with van der Waals surface area (Å²) in [5, 5.41) is 0. The predicted octanol–water partition coefficient (Wildman–Crippen LogP) is 2.64. The molecule has 1 heterocycles. The fraction of sp³-hybridized carbons (Fsp3) is 0.214. The van der Waals surface area contributed by atoms with Crippen LogP contribution in [0, 0.1) is 0 Å². The number of ketones is 1. The topological polar surface area (TPSA) is 39.4 Å². The maximum Gasteiger partial charge on any atom is 0.141 e. The number of carbonyl (C=O) groups excluding carboxylic acids is 1. The number of carbonyl (C=O) groups is 1. The average Bonchev–Trinajstić information content (AvgIpc) is 2.82. The molecule has 3 nitrogen and oxygen atoms in total. The summed E-state index contributed by atoms with van der Waals surface area (Å²) in [7, 11) is 1.62. The Hall–Kier alpha value is -2.03. The lowest BCUT2D eigenvalue weighted by Gasteiger charge is -2.03. The van der Waals surface area contributed by atoms with E-state index in [4.69, 9.17) is 9.15 Å². The molecule has 0 radical (unpaired) electrons. The Morgan fingerprint density at radius 2 is 2.06 bits per heavy atom. The molecule has 0 amide bonds. The third kappa shape index (κ3) is 3.21. The Kier molecular flexibility index (Phi) is 3.60. The predicted molar refractivity (Wildman–Crippen MR) is 64.1 cm³/mol. The number of benzene rings is 1. The summed E-state index contributed by atoms with van der Waals surface area (Å²) in [6, 6.07) is 9.37. The Bertz CT molecular complexity index is 486. The highest BCUT2D eigenvalue weighted by molar-refractivity contribution is 5.83. The highest BCUT2D eigenvalue weighted by Gasteiger charge is 2.06. The fourth-order valence-electron chi connectivity index (χ4n) is 1.69. The zero-order chi connectivity index (χ0) is 12.1. The van der Waals surface area contributed by atoms with Crippen molar-refractivity contribution < 1.29 is 13.9 Å². The number of hydrogen-bond acceptors (Lipinski definition) is 3. The largest absolute Gasteiger partial charge is 0.497 e. The second-order valence-corrected chi connectivity index (χ2v) is 3.88. The van der Waals surface area contributed by atoms with Gasteiger partial charge in [0, 0.05) is 12.8 Å². The molecule has 88 valence electrons. The van der Waals surface area contributed by atoms with Crippen molar-refractivity contribution in [2.45, 2.75) is 12.8 Å². The molecule has 17 heavy (non-hydrogen) atoms. The van der Waals surface area contributed by atoms with Crippen LogP contribution in [0.5, 0.6) is 5.75 Å². The summed E-state index contributed by atoms with van der Waals surface area (Å²) in [6.07, 6.45) is 4.01. The van der Waals surface area contributed by atoms with Gasteiger partial charge in [-0.2, -0.15) is 0 Å². The maximum absolute atomic E-state index is 11.8. The number of hydrogen-bond donors (Lipinski definition) is 0. The number of rotatable bonds is 5. The van der Waals surface area contributed by atoms with Crippen molar-refractivity contribution in [2.75, 3.05) is 7.11 Å². The van der Waals surface area contributed by atoms with Gasteiger partial charge in [-0.05, 0) is 29.3 Å². The summed E-state index contributed by atoms with van der Waals surface area (Å²) in [6.45, 7) is 0. The van der Waals surface area contributed by atoms with Gasteiger partial charge in [0.1, 0.15) is 11.5 Å². The molecule has 1 aromatic carbocycles. The van der Waals surface area contributed by atoms with Crippen LogP contribution >= 0.6 is 0 Å². The Morgan fingerprint density at radius 1 is 1.24 bits per heavy atom. The molecule has 0 aliphatic heterocycles. The Balaban J connectivity index is 1.98. The number of methoxy groups -OCH3 is 1. The molecule has 2 aromatic rings. The summed E-state index contributed by atoms with van der Waals surface area (Å²) in [4.78, 5) is 11.8. The molecule has 0 saturated heterocycles. The van der Waals surface area contributed by atoms with Gasteiger partial charge in [-0.1, -0.05) is 12.1 Å². The molecule has 0 aliphatic rings. The first kappa shape index (κ1) is 11.5. The highest BCUT2D eigenvalue weighted by atomic mass is 16.5. The van der Waals surface area contributed by atoms with E-state index < -0.39 is 0 Å². The van der Waals surface area contributed by atoms with Crippen LogP contribution in [0.15, 0.2) is 47.3 Å². The molecular formula is C14H14O3. The molecule has 1 aromatic heterocycles. The van der Waals surface area contributed by atoms with Gasteiger partial charge < -0.3 is 9.15 Å². The second-order valence-electron chi connectivity index (χ2n) is 3.88. The van der Waals surface area contributed by atoms with E-state index in [0.29, 0.717) is 12.8 Å². The lowest BCUT2D eigenvalue weighted by atomic mass is 10.0. The van der Waals surface area contributed by atoms with Gasteiger partial charge in [-0.3, -0.25) is 4.79 Å². The van der Waals surface area contributed by atoms with Crippen molar-refractivity contribution in [1.82, 2.24) is 0 Å². The molecule has 0 atom stereocenters. The van der Waals surface area contributed by atoms with E-state index in [0.717, 1.165) is 16.9 Å². The summed E-state index contributed by atoms with van der Waals surface area (Å²) < 4.78 is 10.0. The van der Waals surface area contributed by atoms with Gasteiger partial charge in [-0.25, -0.2) is 0 Å². The van der Waals surface area contributed by atoms with Crippen molar-refractivity contribution in [3.05, 3.63) is 54.0 Å². The van der Waals surface area contributed by atoms with Crippen LogP contribution < -0.4 is 4.74 Å². The average molecular weight is 230 g/mol. The van der Waals surface area contributed by atoms with Crippen LogP contribution in [0.25, 0.3) is 0 Å². The first-order valence-corrected chi connectivity index (χ1v) is 5.43.